The smallest absolute Gasteiger partial charge is 0.154 e. The number of hydrogen-bond donors (Lipinski definition) is 0. The first-order valence-electron chi connectivity index (χ1n) is 11.6. The van der Waals surface area contributed by atoms with Gasteiger partial charge in [0.25, 0.3) is 0 Å². The Hall–Kier alpha value is -4.05. The molecule has 1 heterocycles. The van der Waals surface area contributed by atoms with E-state index >= 15 is 0 Å². The van der Waals surface area contributed by atoms with Crippen LogP contribution in [0.3, 0.4) is 0 Å². The van der Waals surface area contributed by atoms with Crippen LogP contribution in [0.2, 0.25) is 0 Å². The standard InChI is InChI=1S/C30H28N4/c1-21-13-17-23(18-14-21)26-11-8-12-27(24-19-15-22(2)16-20-24)28(26)29-31-33-34(32-29)30(3,4)25-9-6-5-7-10-25/h5-20H,1-4H3. The van der Waals surface area contributed by atoms with E-state index in [0.717, 1.165) is 33.4 Å². The van der Waals surface area contributed by atoms with Crippen molar-refractivity contribution >= 4 is 0 Å². The van der Waals surface area contributed by atoms with Crippen molar-refractivity contribution in [2.75, 3.05) is 0 Å². The lowest BCUT2D eigenvalue weighted by molar-refractivity contribution is 0.337. The van der Waals surface area contributed by atoms with Crippen LogP contribution in [0.5, 0.6) is 0 Å². The second-order valence-corrected chi connectivity index (χ2v) is 9.29. The molecule has 5 rings (SSSR count). The van der Waals surface area contributed by atoms with Gasteiger partial charge in [0, 0.05) is 5.56 Å². The highest BCUT2D eigenvalue weighted by atomic mass is 15.6. The molecule has 0 bridgehead atoms. The van der Waals surface area contributed by atoms with Gasteiger partial charge >= 0.3 is 0 Å². The van der Waals surface area contributed by atoms with Crippen molar-refractivity contribution in [2.24, 2.45) is 0 Å². The summed E-state index contributed by atoms with van der Waals surface area (Å²) in [6.07, 6.45) is 0. The predicted octanol–water partition coefficient (Wildman–Crippen LogP) is 7.07. The summed E-state index contributed by atoms with van der Waals surface area (Å²) in [5.41, 5.74) is 8.60. The minimum atomic E-state index is -0.435. The normalized spacial score (nSPS) is 11.5. The molecule has 0 saturated carbocycles. The molecule has 0 fully saturated rings. The van der Waals surface area contributed by atoms with Gasteiger partial charge in [0.15, 0.2) is 0 Å². The molecule has 34 heavy (non-hydrogen) atoms. The summed E-state index contributed by atoms with van der Waals surface area (Å²) in [5.74, 6) is 0.621. The Bertz CT molecular complexity index is 1350. The van der Waals surface area contributed by atoms with E-state index in [-0.39, 0.29) is 0 Å². The van der Waals surface area contributed by atoms with E-state index in [0.29, 0.717) is 5.82 Å². The third-order valence-corrected chi connectivity index (χ3v) is 6.41. The molecule has 4 aromatic carbocycles. The molecule has 0 radical (unpaired) electrons. The molecule has 0 aliphatic carbocycles. The van der Waals surface area contributed by atoms with E-state index < -0.39 is 5.54 Å². The second kappa shape index (κ2) is 8.71. The van der Waals surface area contributed by atoms with Crippen LogP contribution < -0.4 is 0 Å². The van der Waals surface area contributed by atoms with Crippen molar-refractivity contribution in [2.45, 2.75) is 33.2 Å². The minimum absolute atomic E-state index is 0.435. The molecular formula is C30H28N4. The van der Waals surface area contributed by atoms with Gasteiger partial charge in [-0.2, -0.15) is 4.80 Å². The van der Waals surface area contributed by atoms with Gasteiger partial charge in [-0.1, -0.05) is 108 Å². The Morgan fingerprint density at radius 3 is 1.68 bits per heavy atom. The van der Waals surface area contributed by atoms with Crippen LogP contribution in [0.15, 0.2) is 97.1 Å². The topological polar surface area (TPSA) is 43.6 Å². The third-order valence-electron chi connectivity index (χ3n) is 6.41. The first-order chi connectivity index (χ1) is 16.4. The van der Waals surface area contributed by atoms with E-state index in [9.17, 15) is 0 Å². The molecule has 0 aliphatic heterocycles. The first-order valence-corrected chi connectivity index (χ1v) is 11.6. The molecule has 0 N–H and O–H groups in total. The van der Waals surface area contributed by atoms with E-state index in [1.807, 2.05) is 18.2 Å². The zero-order valence-corrected chi connectivity index (χ0v) is 20.0. The van der Waals surface area contributed by atoms with Gasteiger partial charge in [-0.25, -0.2) is 0 Å². The Morgan fingerprint density at radius 2 is 1.15 bits per heavy atom. The van der Waals surface area contributed by atoms with Crippen LogP contribution in [-0.2, 0) is 5.54 Å². The highest BCUT2D eigenvalue weighted by Crippen LogP contribution is 2.39. The fourth-order valence-electron chi connectivity index (χ4n) is 4.25. The summed E-state index contributed by atoms with van der Waals surface area (Å²) in [6.45, 7) is 8.43. The van der Waals surface area contributed by atoms with Gasteiger partial charge in [0.1, 0.15) is 5.54 Å². The number of aryl methyl sites for hydroxylation is 2. The fraction of sp³-hybridized carbons (Fsp3) is 0.167. The van der Waals surface area contributed by atoms with Gasteiger partial charge in [-0.15, -0.1) is 10.2 Å². The number of rotatable bonds is 5. The molecule has 0 atom stereocenters. The van der Waals surface area contributed by atoms with Crippen LogP contribution in [0.4, 0.5) is 0 Å². The van der Waals surface area contributed by atoms with Crippen LogP contribution in [-0.4, -0.2) is 20.2 Å². The molecule has 0 unspecified atom stereocenters. The second-order valence-electron chi connectivity index (χ2n) is 9.29. The highest BCUT2D eigenvalue weighted by Gasteiger charge is 2.27. The van der Waals surface area contributed by atoms with Gasteiger partial charge in [-0.05, 0) is 60.7 Å². The van der Waals surface area contributed by atoms with Crippen LogP contribution in [0, 0.1) is 13.8 Å². The van der Waals surface area contributed by atoms with Crippen LogP contribution >= 0.6 is 0 Å². The molecule has 0 spiro atoms. The summed E-state index contributed by atoms with van der Waals surface area (Å²) >= 11 is 0. The average molecular weight is 445 g/mol. The summed E-state index contributed by atoms with van der Waals surface area (Å²) in [7, 11) is 0. The predicted molar refractivity (Wildman–Crippen MR) is 138 cm³/mol. The minimum Gasteiger partial charge on any atom is -0.154 e. The molecule has 4 heteroatoms. The van der Waals surface area contributed by atoms with Crippen molar-refractivity contribution in [1.82, 2.24) is 20.2 Å². The van der Waals surface area contributed by atoms with Gasteiger partial charge in [-0.3, -0.25) is 0 Å². The van der Waals surface area contributed by atoms with Gasteiger partial charge < -0.3 is 0 Å². The number of aromatic nitrogens is 4. The maximum atomic E-state index is 4.93. The SMILES string of the molecule is Cc1ccc(-c2cccc(-c3ccc(C)cc3)c2-c2nnn(C(C)(C)c3ccccc3)n2)cc1. The fourth-order valence-corrected chi connectivity index (χ4v) is 4.25. The number of tetrazole rings is 1. The van der Waals surface area contributed by atoms with Crippen molar-refractivity contribution < 1.29 is 0 Å². The Kier molecular flexibility index (Phi) is 5.58. The molecule has 4 nitrogen and oxygen atoms in total. The van der Waals surface area contributed by atoms with E-state index in [1.54, 1.807) is 4.80 Å². The molecule has 1 aromatic heterocycles. The lowest BCUT2D eigenvalue weighted by Gasteiger charge is -2.23. The zero-order valence-electron chi connectivity index (χ0n) is 20.0. The molecular weight excluding hydrogens is 416 g/mol. The molecule has 0 aliphatic rings. The first kappa shape index (κ1) is 21.8. The molecule has 5 aromatic rings. The molecule has 0 saturated heterocycles. The lowest BCUT2D eigenvalue weighted by Crippen LogP contribution is -2.30. The third kappa shape index (κ3) is 4.03. The average Bonchev–Trinajstić information content (AvgIpc) is 3.36. The van der Waals surface area contributed by atoms with Crippen molar-refractivity contribution in [3.63, 3.8) is 0 Å². The lowest BCUT2D eigenvalue weighted by atomic mass is 9.91. The summed E-state index contributed by atoms with van der Waals surface area (Å²) in [5, 5.41) is 14.0. The Morgan fingerprint density at radius 1 is 0.618 bits per heavy atom. The summed E-state index contributed by atoms with van der Waals surface area (Å²) < 4.78 is 0. The van der Waals surface area contributed by atoms with E-state index in [4.69, 9.17) is 5.10 Å². The zero-order chi connectivity index (χ0) is 23.7. The molecule has 0 amide bonds. The van der Waals surface area contributed by atoms with Crippen molar-refractivity contribution in [3.05, 3.63) is 114 Å². The van der Waals surface area contributed by atoms with E-state index in [1.165, 1.54) is 11.1 Å². The number of hydrogen-bond acceptors (Lipinski definition) is 3. The Balaban J connectivity index is 1.70. The van der Waals surface area contributed by atoms with E-state index in [2.05, 4.69) is 117 Å². The number of nitrogens with zero attached hydrogens (tertiary/aromatic N) is 4. The molecule has 168 valence electrons. The van der Waals surface area contributed by atoms with Gasteiger partial charge in [0.2, 0.25) is 5.82 Å². The highest BCUT2D eigenvalue weighted by molar-refractivity contribution is 5.92. The van der Waals surface area contributed by atoms with Crippen molar-refractivity contribution in [1.29, 1.82) is 0 Å². The van der Waals surface area contributed by atoms with Crippen LogP contribution in [0.1, 0.15) is 30.5 Å². The van der Waals surface area contributed by atoms with Crippen molar-refractivity contribution in [3.8, 4) is 33.6 Å². The Labute approximate surface area is 200 Å². The largest absolute Gasteiger partial charge is 0.206 e. The number of benzene rings is 4. The summed E-state index contributed by atoms with van der Waals surface area (Å²) in [4.78, 5) is 1.72. The maximum absolute atomic E-state index is 4.93. The van der Waals surface area contributed by atoms with Gasteiger partial charge in [0.05, 0.1) is 0 Å². The quantitative estimate of drug-likeness (QED) is 0.291. The monoisotopic (exact) mass is 444 g/mol. The van der Waals surface area contributed by atoms with Crippen LogP contribution in [0.25, 0.3) is 33.6 Å². The summed E-state index contributed by atoms with van der Waals surface area (Å²) in [6, 6.07) is 33.9. The maximum Gasteiger partial charge on any atom is 0.206 e.